The number of fused-ring (bicyclic) bond motifs is 1. The summed E-state index contributed by atoms with van der Waals surface area (Å²) >= 11 is 1.77. The minimum absolute atomic E-state index is 0.0419. The zero-order valence-corrected chi connectivity index (χ0v) is 18.8. The smallest absolute Gasteiger partial charge is 0.242 e. The first kappa shape index (κ1) is 21.6. The maximum absolute atomic E-state index is 13.5. The second-order valence-electron chi connectivity index (χ2n) is 8.16. The molecular formula is C24H32N2O2S. The van der Waals surface area contributed by atoms with Gasteiger partial charge in [0, 0.05) is 23.9 Å². The van der Waals surface area contributed by atoms with E-state index in [1.807, 2.05) is 30.9 Å². The van der Waals surface area contributed by atoms with Crippen LogP contribution in [0, 0.1) is 12.8 Å². The molecule has 0 saturated heterocycles. The predicted octanol–water partition coefficient (Wildman–Crippen LogP) is 4.82. The Morgan fingerprint density at radius 2 is 1.97 bits per heavy atom. The Kier molecular flexibility index (Phi) is 7.12. The summed E-state index contributed by atoms with van der Waals surface area (Å²) in [5, 5.41) is 2.12. The monoisotopic (exact) mass is 412 g/mol. The Morgan fingerprint density at radius 3 is 2.66 bits per heavy atom. The van der Waals surface area contributed by atoms with Crippen LogP contribution < -0.4 is 0 Å². The zero-order valence-electron chi connectivity index (χ0n) is 18.0. The fourth-order valence-electron chi connectivity index (χ4n) is 4.05. The van der Waals surface area contributed by atoms with Crippen molar-refractivity contribution in [3.8, 4) is 0 Å². The maximum Gasteiger partial charge on any atom is 0.242 e. The molecule has 0 bridgehead atoms. The Hall–Kier alpha value is -2.14. The quantitative estimate of drug-likeness (QED) is 0.654. The summed E-state index contributed by atoms with van der Waals surface area (Å²) in [6, 6.07) is 10.4. The van der Waals surface area contributed by atoms with Gasteiger partial charge in [-0.15, -0.1) is 11.3 Å². The first-order chi connectivity index (χ1) is 13.9. The van der Waals surface area contributed by atoms with Crippen molar-refractivity contribution in [2.24, 2.45) is 5.92 Å². The second kappa shape index (κ2) is 9.57. The lowest BCUT2D eigenvalue weighted by atomic mass is 9.90. The first-order valence-corrected chi connectivity index (χ1v) is 11.5. The van der Waals surface area contributed by atoms with Gasteiger partial charge in [-0.1, -0.05) is 51.5 Å². The third-order valence-electron chi connectivity index (χ3n) is 5.68. The molecule has 1 aromatic carbocycles. The van der Waals surface area contributed by atoms with Crippen molar-refractivity contribution in [2.75, 3.05) is 19.6 Å². The maximum atomic E-state index is 13.5. The molecule has 0 aliphatic carbocycles. The van der Waals surface area contributed by atoms with Gasteiger partial charge in [0.25, 0.3) is 0 Å². The highest BCUT2D eigenvalue weighted by atomic mass is 32.1. The number of aryl methyl sites for hydroxylation is 1. The molecule has 2 amide bonds. The van der Waals surface area contributed by atoms with Crippen LogP contribution in [0.1, 0.15) is 61.2 Å². The average molecular weight is 413 g/mol. The van der Waals surface area contributed by atoms with Crippen molar-refractivity contribution < 1.29 is 9.59 Å². The number of hydrogen-bond donors (Lipinski definition) is 0. The molecule has 29 heavy (non-hydrogen) atoms. The van der Waals surface area contributed by atoms with Crippen LogP contribution in [0.2, 0.25) is 0 Å². The molecule has 3 rings (SSSR count). The predicted molar refractivity (Wildman–Crippen MR) is 119 cm³/mol. The summed E-state index contributed by atoms with van der Waals surface area (Å²) in [7, 11) is 0. The Bertz CT molecular complexity index is 858. The van der Waals surface area contributed by atoms with Gasteiger partial charge in [0.05, 0.1) is 12.6 Å². The van der Waals surface area contributed by atoms with Crippen molar-refractivity contribution in [1.29, 1.82) is 0 Å². The Morgan fingerprint density at radius 1 is 1.21 bits per heavy atom. The molecule has 1 aromatic heterocycles. The van der Waals surface area contributed by atoms with Crippen LogP contribution in [-0.2, 0) is 16.0 Å². The van der Waals surface area contributed by atoms with Gasteiger partial charge in [-0.05, 0) is 47.9 Å². The molecule has 0 fully saturated rings. The summed E-state index contributed by atoms with van der Waals surface area (Å²) in [5.74, 6) is 0.00401. The molecule has 4 nitrogen and oxygen atoms in total. The molecule has 2 heterocycles. The van der Waals surface area contributed by atoms with E-state index in [4.69, 9.17) is 0 Å². The third kappa shape index (κ3) is 4.72. The highest BCUT2D eigenvalue weighted by Crippen LogP contribution is 2.39. The van der Waals surface area contributed by atoms with Crippen molar-refractivity contribution in [2.45, 2.75) is 53.0 Å². The van der Waals surface area contributed by atoms with Crippen LogP contribution in [0.25, 0.3) is 0 Å². The number of thiophene rings is 1. The van der Waals surface area contributed by atoms with E-state index in [1.54, 1.807) is 16.2 Å². The van der Waals surface area contributed by atoms with E-state index in [2.05, 4.69) is 37.4 Å². The molecule has 1 aliphatic heterocycles. The van der Waals surface area contributed by atoms with Crippen molar-refractivity contribution >= 4 is 23.2 Å². The first-order valence-electron chi connectivity index (χ1n) is 10.6. The van der Waals surface area contributed by atoms with Gasteiger partial charge in [0.2, 0.25) is 11.8 Å². The lowest BCUT2D eigenvalue weighted by Crippen LogP contribution is -2.47. The van der Waals surface area contributed by atoms with Crippen molar-refractivity contribution in [1.82, 2.24) is 9.80 Å². The number of amides is 2. The van der Waals surface area contributed by atoms with E-state index in [9.17, 15) is 9.59 Å². The van der Waals surface area contributed by atoms with Crippen LogP contribution in [0.3, 0.4) is 0 Å². The summed E-state index contributed by atoms with van der Waals surface area (Å²) in [4.78, 5) is 31.3. The molecular weight excluding hydrogens is 380 g/mol. The van der Waals surface area contributed by atoms with Crippen LogP contribution in [0.4, 0.5) is 0 Å². The normalized spacial score (nSPS) is 16.0. The second-order valence-corrected chi connectivity index (χ2v) is 9.16. The highest BCUT2D eigenvalue weighted by molar-refractivity contribution is 7.10. The number of rotatable bonds is 7. The van der Waals surface area contributed by atoms with E-state index in [0.29, 0.717) is 13.1 Å². The van der Waals surface area contributed by atoms with Gasteiger partial charge in [0.15, 0.2) is 0 Å². The third-order valence-corrected chi connectivity index (χ3v) is 6.68. The number of unbranched alkanes of at least 4 members (excludes halogenated alkanes) is 1. The molecule has 0 N–H and O–H groups in total. The zero-order chi connectivity index (χ0) is 21.0. The fraction of sp³-hybridized carbons (Fsp3) is 0.500. The van der Waals surface area contributed by atoms with Gasteiger partial charge in [-0.25, -0.2) is 0 Å². The van der Waals surface area contributed by atoms with Gasteiger partial charge >= 0.3 is 0 Å². The Labute approximate surface area is 178 Å². The molecule has 2 aromatic rings. The van der Waals surface area contributed by atoms with E-state index in [1.165, 1.54) is 21.6 Å². The van der Waals surface area contributed by atoms with Crippen LogP contribution in [0.15, 0.2) is 35.7 Å². The van der Waals surface area contributed by atoms with Crippen LogP contribution in [-0.4, -0.2) is 41.2 Å². The molecule has 0 saturated carbocycles. The van der Waals surface area contributed by atoms with Crippen LogP contribution >= 0.6 is 11.3 Å². The van der Waals surface area contributed by atoms with E-state index in [0.717, 1.165) is 19.3 Å². The van der Waals surface area contributed by atoms with Crippen LogP contribution in [0.5, 0.6) is 0 Å². The summed E-state index contributed by atoms with van der Waals surface area (Å²) in [5.41, 5.74) is 3.60. The highest BCUT2D eigenvalue weighted by Gasteiger charge is 2.34. The van der Waals surface area contributed by atoms with Gasteiger partial charge in [-0.2, -0.15) is 0 Å². The molecule has 0 unspecified atom stereocenters. The molecule has 5 heteroatoms. The van der Waals surface area contributed by atoms with Gasteiger partial charge < -0.3 is 9.80 Å². The lowest BCUT2D eigenvalue weighted by molar-refractivity contribution is -0.143. The summed E-state index contributed by atoms with van der Waals surface area (Å²) < 4.78 is 0. The average Bonchev–Trinajstić information content (AvgIpc) is 3.19. The van der Waals surface area contributed by atoms with Gasteiger partial charge in [-0.3, -0.25) is 9.59 Å². The van der Waals surface area contributed by atoms with Crippen molar-refractivity contribution in [3.63, 3.8) is 0 Å². The molecule has 0 spiro atoms. The number of carbonyl (C=O) groups excluding carboxylic acids is 2. The number of carbonyl (C=O) groups is 2. The SMILES string of the molecule is CCCCN(CC(=O)N1CCc2sccc2[C@H]1c1ccccc1C)C(=O)C(C)C. The van der Waals surface area contributed by atoms with E-state index in [-0.39, 0.29) is 30.3 Å². The van der Waals surface area contributed by atoms with E-state index < -0.39 is 0 Å². The van der Waals surface area contributed by atoms with Crippen molar-refractivity contribution in [3.05, 3.63) is 57.3 Å². The molecule has 1 atom stereocenters. The molecule has 156 valence electrons. The van der Waals surface area contributed by atoms with E-state index >= 15 is 0 Å². The lowest BCUT2D eigenvalue weighted by Gasteiger charge is -2.38. The number of hydrogen-bond acceptors (Lipinski definition) is 3. The minimum Gasteiger partial charge on any atom is -0.333 e. The number of nitrogens with zero attached hydrogens (tertiary/aromatic N) is 2. The summed E-state index contributed by atoms with van der Waals surface area (Å²) in [6.45, 7) is 9.53. The number of benzene rings is 1. The Balaban J connectivity index is 1.90. The fourth-order valence-corrected chi connectivity index (χ4v) is 4.95. The standard InChI is InChI=1S/C24H32N2O2S/c1-5-6-13-25(24(28)17(2)3)16-22(27)26-14-11-21-20(12-15-29-21)23(26)19-10-8-7-9-18(19)4/h7-10,12,15,17,23H,5-6,11,13-14,16H2,1-4H3/t23-/m1/s1. The molecule has 1 aliphatic rings. The topological polar surface area (TPSA) is 40.6 Å². The minimum atomic E-state index is -0.100. The molecule has 0 radical (unpaired) electrons. The largest absolute Gasteiger partial charge is 0.333 e. The van der Waals surface area contributed by atoms with Gasteiger partial charge in [0.1, 0.15) is 0 Å². The summed E-state index contributed by atoms with van der Waals surface area (Å²) in [6.07, 6.45) is 2.81.